The smallest absolute Gasteiger partial charge is 0.342 e. The molecule has 3 rings (SSSR count). The van der Waals surface area contributed by atoms with Crippen LogP contribution in [0.2, 0.25) is 0 Å². The number of rotatable bonds is 7. The van der Waals surface area contributed by atoms with E-state index in [0.29, 0.717) is 18.0 Å². The predicted molar refractivity (Wildman–Crippen MR) is 107 cm³/mol. The molecule has 1 N–H and O–H groups in total. The molecule has 5 heteroatoms. The zero-order chi connectivity index (χ0) is 19.8. The van der Waals surface area contributed by atoms with Crippen LogP contribution in [0.15, 0.2) is 84.9 Å². The highest BCUT2D eigenvalue weighted by molar-refractivity contribution is 5.98. The molecule has 1 amide bonds. The minimum Gasteiger partial charge on any atom is -0.488 e. The average molecular weight is 375 g/mol. The number of carbonyl (C=O) groups is 2. The maximum Gasteiger partial charge on any atom is 0.342 e. The van der Waals surface area contributed by atoms with E-state index >= 15 is 0 Å². The van der Waals surface area contributed by atoms with E-state index in [-0.39, 0.29) is 5.56 Å². The van der Waals surface area contributed by atoms with Crippen LogP contribution in [0.25, 0.3) is 0 Å². The van der Waals surface area contributed by atoms with Crippen LogP contribution in [0.4, 0.5) is 5.69 Å². The number of hydrogen-bond acceptors (Lipinski definition) is 4. The maximum absolute atomic E-state index is 12.6. The minimum atomic E-state index is -0.949. The van der Waals surface area contributed by atoms with Crippen LogP contribution < -0.4 is 10.1 Å². The standard InChI is InChI=1S/C23H21NO4/c1-17(22(25)24-19-12-6-3-7-13-19)28-23(26)20-14-8-9-15-21(20)27-16-18-10-4-2-5-11-18/h2-15,17H,16H2,1H3,(H,24,25)/t17-/m1/s1. The summed E-state index contributed by atoms with van der Waals surface area (Å²) >= 11 is 0. The van der Waals surface area contributed by atoms with Gasteiger partial charge in [-0.05, 0) is 36.8 Å². The molecule has 3 aromatic rings. The highest BCUT2D eigenvalue weighted by Gasteiger charge is 2.21. The Morgan fingerprint density at radius 1 is 0.857 bits per heavy atom. The molecule has 0 aliphatic heterocycles. The molecular weight excluding hydrogens is 354 g/mol. The number of para-hydroxylation sites is 2. The summed E-state index contributed by atoms with van der Waals surface area (Å²) in [5.74, 6) is -0.603. The molecule has 0 aliphatic rings. The van der Waals surface area contributed by atoms with Crippen LogP contribution >= 0.6 is 0 Å². The molecule has 0 aliphatic carbocycles. The van der Waals surface area contributed by atoms with E-state index in [0.717, 1.165) is 5.56 Å². The molecule has 0 spiro atoms. The van der Waals surface area contributed by atoms with Gasteiger partial charge in [0.15, 0.2) is 6.10 Å². The molecule has 3 aromatic carbocycles. The Morgan fingerprint density at radius 3 is 2.18 bits per heavy atom. The Labute approximate surface area is 163 Å². The first-order valence-corrected chi connectivity index (χ1v) is 8.96. The Kier molecular flexibility index (Phi) is 6.41. The third-order valence-corrected chi connectivity index (χ3v) is 4.04. The number of hydrogen-bond donors (Lipinski definition) is 1. The van der Waals surface area contributed by atoms with Crippen molar-refractivity contribution in [1.82, 2.24) is 0 Å². The summed E-state index contributed by atoms with van der Waals surface area (Å²) in [5.41, 5.74) is 1.90. The predicted octanol–water partition coefficient (Wildman–Crippen LogP) is 4.45. The lowest BCUT2D eigenvalue weighted by Gasteiger charge is -2.15. The highest BCUT2D eigenvalue weighted by atomic mass is 16.5. The molecule has 0 aromatic heterocycles. The van der Waals surface area contributed by atoms with Gasteiger partial charge < -0.3 is 14.8 Å². The van der Waals surface area contributed by atoms with Crippen LogP contribution in [-0.4, -0.2) is 18.0 Å². The van der Waals surface area contributed by atoms with Crippen molar-refractivity contribution in [2.24, 2.45) is 0 Å². The summed E-state index contributed by atoms with van der Waals surface area (Å²) < 4.78 is 11.1. The summed E-state index contributed by atoms with van der Waals surface area (Å²) in [5, 5.41) is 2.71. The van der Waals surface area contributed by atoms with Gasteiger partial charge in [-0.25, -0.2) is 4.79 Å². The number of benzene rings is 3. The monoisotopic (exact) mass is 375 g/mol. The van der Waals surface area contributed by atoms with E-state index in [4.69, 9.17) is 9.47 Å². The van der Waals surface area contributed by atoms with E-state index in [1.54, 1.807) is 36.4 Å². The van der Waals surface area contributed by atoms with Gasteiger partial charge in [0.05, 0.1) is 0 Å². The Balaban J connectivity index is 1.63. The van der Waals surface area contributed by atoms with E-state index in [1.165, 1.54) is 6.92 Å². The van der Waals surface area contributed by atoms with Gasteiger partial charge in [0.1, 0.15) is 17.9 Å². The third-order valence-electron chi connectivity index (χ3n) is 4.04. The van der Waals surface area contributed by atoms with Crippen LogP contribution in [0.1, 0.15) is 22.8 Å². The van der Waals surface area contributed by atoms with Gasteiger partial charge in [0, 0.05) is 5.69 Å². The molecule has 0 saturated heterocycles. The van der Waals surface area contributed by atoms with Gasteiger partial charge in [-0.15, -0.1) is 0 Å². The molecule has 0 radical (unpaired) electrons. The number of esters is 1. The van der Waals surface area contributed by atoms with Gasteiger partial charge in [0.2, 0.25) is 0 Å². The molecule has 0 unspecified atom stereocenters. The fraction of sp³-hybridized carbons (Fsp3) is 0.130. The van der Waals surface area contributed by atoms with Gasteiger partial charge in [-0.2, -0.15) is 0 Å². The lowest BCUT2D eigenvalue weighted by molar-refractivity contribution is -0.123. The molecule has 0 fully saturated rings. The molecule has 0 saturated carbocycles. The summed E-state index contributed by atoms with van der Waals surface area (Å²) in [6, 6.07) is 25.5. The minimum absolute atomic E-state index is 0.276. The first-order valence-electron chi connectivity index (χ1n) is 8.96. The zero-order valence-electron chi connectivity index (χ0n) is 15.5. The normalized spacial score (nSPS) is 11.3. The van der Waals surface area contributed by atoms with Crippen molar-refractivity contribution in [1.29, 1.82) is 0 Å². The van der Waals surface area contributed by atoms with Gasteiger partial charge in [0.25, 0.3) is 5.91 Å². The fourth-order valence-electron chi connectivity index (χ4n) is 2.54. The molecule has 0 heterocycles. The molecular formula is C23H21NO4. The number of amides is 1. The molecule has 142 valence electrons. The van der Waals surface area contributed by atoms with E-state index < -0.39 is 18.0 Å². The van der Waals surface area contributed by atoms with Crippen molar-refractivity contribution in [2.75, 3.05) is 5.32 Å². The van der Waals surface area contributed by atoms with Crippen LogP contribution in [0, 0.1) is 0 Å². The number of nitrogens with one attached hydrogen (secondary N) is 1. The molecule has 1 atom stereocenters. The fourth-order valence-corrected chi connectivity index (χ4v) is 2.54. The SMILES string of the molecule is C[C@@H](OC(=O)c1ccccc1OCc1ccccc1)C(=O)Nc1ccccc1. The lowest BCUT2D eigenvalue weighted by Crippen LogP contribution is -2.30. The van der Waals surface area contributed by atoms with Crippen LogP contribution in [0.3, 0.4) is 0 Å². The van der Waals surface area contributed by atoms with Crippen molar-refractivity contribution in [3.8, 4) is 5.75 Å². The highest BCUT2D eigenvalue weighted by Crippen LogP contribution is 2.21. The second kappa shape index (κ2) is 9.37. The average Bonchev–Trinajstić information content (AvgIpc) is 2.74. The van der Waals surface area contributed by atoms with E-state index in [9.17, 15) is 9.59 Å². The van der Waals surface area contributed by atoms with Crippen molar-refractivity contribution in [2.45, 2.75) is 19.6 Å². The van der Waals surface area contributed by atoms with Gasteiger partial charge in [-0.1, -0.05) is 60.7 Å². The number of carbonyl (C=O) groups excluding carboxylic acids is 2. The van der Waals surface area contributed by atoms with Crippen molar-refractivity contribution in [3.05, 3.63) is 96.1 Å². The zero-order valence-corrected chi connectivity index (χ0v) is 15.5. The van der Waals surface area contributed by atoms with Gasteiger partial charge in [-0.3, -0.25) is 4.79 Å². The van der Waals surface area contributed by atoms with E-state index in [1.807, 2.05) is 48.5 Å². The quantitative estimate of drug-likeness (QED) is 0.620. The Morgan fingerprint density at radius 2 is 1.46 bits per heavy atom. The third kappa shape index (κ3) is 5.20. The Hall–Kier alpha value is -3.60. The molecule has 28 heavy (non-hydrogen) atoms. The summed E-state index contributed by atoms with van der Waals surface area (Å²) in [6.07, 6.45) is -0.949. The second-order valence-corrected chi connectivity index (χ2v) is 6.17. The Bertz CT molecular complexity index is 926. The maximum atomic E-state index is 12.6. The first-order chi connectivity index (χ1) is 13.6. The lowest BCUT2D eigenvalue weighted by atomic mass is 10.2. The first kappa shape index (κ1) is 19.2. The number of anilines is 1. The van der Waals surface area contributed by atoms with Crippen molar-refractivity contribution < 1.29 is 19.1 Å². The molecule has 5 nitrogen and oxygen atoms in total. The summed E-state index contributed by atoms with van der Waals surface area (Å²) in [7, 11) is 0. The van der Waals surface area contributed by atoms with Crippen LogP contribution in [0.5, 0.6) is 5.75 Å². The van der Waals surface area contributed by atoms with Crippen molar-refractivity contribution in [3.63, 3.8) is 0 Å². The van der Waals surface area contributed by atoms with Crippen molar-refractivity contribution >= 4 is 17.6 Å². The topological polar surface area (TPSA) is 64.6 Å². The summed E-state index contributed by atoms with van der Waals surface area (Å²) in [4.78, 5) is 24.8. The second-order valence-electron chi connectivity index (χ2n) is 6.17. The summed E-state index contributed by atoms with van der Waals surface area (Å²) in [6.45, 7) is 1.86. The molecule has 0 bridgehead atoms. The number of ether oxygens (including phenoxy) is 2. The van der Waals surface area contributed by atoms with Gasteiger partial charge >= 0.3 is 5.97 Å². The van der Waals surface area contributed by atoms with E-state index in [2.05, 4.69) is 5.32 Å². The van der Waals surface area contributed by atoms with Crippen LogP contribution in [-0.2, 0) is 16.1 Å². The largest absolute Gasteiger partial charge is 0.488 e.